The van der Waals surface area contributed by atoms with Crippen LogP contribution in [0.1, 0.15) is 73.4 Å². The topological polar surface area (TPSA) is 217 Å². The van der Waals surface area contributed by atoms with E-state index in [1.165, 1.54) is 48.0 Å². The minimum atomic E-state index is -1.12. The minimum Gasteiger partial charge on any atom is -0.507 e. The highest BCUT2D eigenvalue weighted by Crippen LogP contribution is 2.25. The summed E-state index contributed by atoms with van der Waals surface area (Å²) in [5, 5.41) is 26.8. The Kier molecular flexibility index (Phi) is 15.2. The lowest BCUT2D eigenvalue weighted by Gasteiger charge is -2.10. The van der Waals surface area contributed by atoms with Gasteiger partial charge >= 0.3 is 29.8 Å². The molecule has 0 aromatic heterocycles. The number of aromatic hydroxyl groups is 1. The summed E-state index contributed by atoms with van der Waals surface area (Å²) in [6.45, 7) is 2.61. The number of aromatic carboxylic acids is 1. The molecule has 0 radical (unpaired) electrons. The number of hydrogen-bond donors (Lipinski definition) is 3. The Morgan fingerprint density at radius 1 is 0.712 bits per heavy atom. The number of benzene rings is 4. The molecular formula is C38H34O14. The first-order chi connectivity index (χ1) is 24.9. The molecule has 1 fully saturated rings. The summed E-state index contributed by atoms with van der Waals surface area (Å²) in [6, 6.07) is 23.1. The summed E-state index contributed by atoms with van der Waals surface area (Å²) in [4.78, 5) is 74.8. The minimum absolute atomic E-state index is 0.0125. The summed E-state index contributed by atoms with van der Waals surface area (Å²) in [5.74, 6) is -2.80. The Bertz CT molecular complexity index is 1880. The van der Waals surface area contributed by atoms with Gasteiger partial charge < -0.3 is 34.3 Å². The van der Waals surface area contributed by atoms with E-state index in [-0.39, 0.29) is 60.5 Å². The Hall–Kier alpha value is -6.83. The largest absolute Gasteiger partial charge is 0.507 e. The third-order valence-corrected chi connectivity index (χ3v) is 6.89. The first-order valence-electron chi connectivity index (χ1n) is 15.5. The SMILES string of the molecule is Cc1ccc(COc2ccc(O)c(C=O)c2)cc1.O=C1CCC(=O)O1.O=Cc1cc(OCc2ccc(C(=O)O)cc2)ccc1OC(=O)CCC(=O)O. The molecule has 0 bridgehead atoms. The number of aryl methyl sites for hydroxylation is 1. The Balaban J connectivity index is 0.000000248. The van der Waals surface area contributed by atoms with E-state index in [1.807, 2.05) is 31.2 Å². The van der Waals surface area contributed by atoms with Crippen LogP contribution in [0.4, 0.5) is 0 Å². The summed E-state index contributed by atoms with van der Waals surface area (Å²) in [5.41, 5.74) is 3.47. The third-order valence-electron chi connectivity index (χ3n) is 6.89. The van der Waals surface area contributed by atoms with Crippen LogP contribution in [0.15, 0.2) is 84.9 Å². The Morgan fingerprint density at radius 3 is 1.71 bits per heavy atom. The molecule has 14 heteroatoms. The number of aldehydes is 2. The first kappa shape index (κ1) is 39.6. The normalized spacial score (nSPS) is 11.4. The van der Waals surface area contributed by atoms with Crippen molar-refractivity contribution in [3.63, 3.8) is 0 Å². The molecule has 270 valence electrons. The van der Waals surface area contributed by atoms with Gasteiger partial charge in [0.05, 0.1) is 42.4 Å². The Morgan fingerprint density at radius 2 is 1.23 bits per heavy atom. The summed E-state index contributed by atoms with van der Waals surface area (Å²) < 4.78 is 20.2. The first-order valence-corrected chi connectivity index (χ1v) is 15.5. The van der Waals surface area contributed by atoms with Gasteiger partial charge in [-0.1, -0.05) is 42.0 Å². The van der Waals surface area contributed by atoms with Gasteiger partial charge in [-0.2, -0.15) is 0 Å². The van der Waals surface area contributed by atoms with Gasteiger partial charge in [0.2, 0.25) is 0 Å². The lowest BCUT2D eigenvalue weighted by atomic mass is 10.1. The molecule has 0 unspecified atom stereocenters. The highest BCUT2D eigenvalue weighted by Gasteiger charge is 2.19. The average molecular weight is 715 g/mol. The highest BCUT2D eigenvalue weighted by atomic mass is 16.6. The number of aliphatic carboxylic acids is 1. The van der Waals surface area contributed by atoms with Gasteiger partial charge in [0.25, 0.3) is 0 Å². The van der Waals surface area contributed by atoms with Gasteiger partial charge in [0.15, 0.2) is 12.6 Å². The van der Waals surface area contributed by atoms with Crippen LogP contribution in [0.3, 0.4) is 0 Å². The van der Waals surface area contributed by atoms with Crippen LogP contribution in [-0.4, -0.2) is 57.7 Å². The molecule has 1 aliphatic heterocycles. The van der Waals surface area contributed by atoms with Gasteiger partial charge in [-0.3, -0.25) is 28.8 Å². The molecule has 52 heavy (non-hydrogen) atoms. The van der Waals surface area contributed by atoms with Crippen molar-refractivity contribution in [2.24, 2.45) is 0 Å². The summed E-state index contributed by atoms with van der Waals surface area (Å²) in [6.07, 6.45) is 0.954. The maximum atomic E-state index is 11.6. The molecule has 0 saturated carbocycles. The van der Waals surface area contributed by atoms with Crippen molar-refractivity contribution in [2.45, 2.75) is 45.8 Å². The van der Waals surface area contributed by atoms with E-state index < -0.39 is 29.8 Å². The monoisotopic (exact) mass is 714 g/mol. The fourth-order valence-electron chi connectivity index (χ4n) is 4.10. The molecule has 0 amide bonds. The van der Waals surface area contributed by atoms with E-state index in [0.717, 1.165) is 11.1 Å². The number of cyclic esters (lactones) is 2. The fourth-order valence-corrected chi connectivity index (χ4v) is 4.10. The van der Waals surface area contributed by atoms with Crippen LogP contribution in [0.5, 0.6) is 23.0 Å². The average Bonchev–Trinajstić information content (AvgIpc) is 3.52. The lowest BCUT2D eigenvalue weighted by molar-refractivity contribution is -0.152. The fraction of sp³-hybridized carbons (Fsp3) is 0.184. The predicted molar refractivity (Wildman–Crippen MR) is 181 cm³/mol. The molecule has 5 rings (SSSR count). The standard InChI is InChI=1S/C19H16O8.C15H14O3.C4H4O3/c20-10-14-9-15(5-6-16(14)27-18(23)8-7-17(21)22)26-11-12-1-3-13(4-2-12)19(24)25;1-11-2-4-12(5-3-11)10-18-14-6-7-15(17)13(8-14)9-16;5-3-1-2-4(6)7-3/h1-6,9-10H,7-8,11H2,(H,21,22)(H,24,25);2-9,17H,10H2,1H3;1-2H2. The number of carboxylic acid groups (broad SMARTS) is 2. The number of rotatable bonds is 13. The zero-order chi connectivity index (χ0) is 38.0. The zero-order valence-electron chi connectivity index (χ0n) is 27.8. The zero-order valence-corrected chi connectivity index (χ0v) is 27.8. The van der Waals surface area contributed by atoms with Crippen molar-refractivity contribution in [3.8, 4) is 23.0 Å². The van der Waals surface area contributed by atoms with Gasteiger partial charge in [-0.15, -0.1) is 0 Å². The number of carbonyl (C=O) groups excluding carboxylic acids is 5. The van der Waals surface area contributed by atoms with Crippen molar-refractivity contribution in [2.75, 3.05) is 0 Å². The number of esters is 3. The van der Waals surface area contributed by atoms with Crippen molar-refractivity contribution >= 4 is 42.4 Å². The van der Waals surface area contributed by atoms with Gasteiger partial charge in [0.1, 0.15) is 36.2 Å². The van der Waals surface area contributed by atoms with Crippen LogP contribution >= 0.6 is 0 Å². The van der Waals surface area contributed by atoms with E-state index in [0.29, 0.717) is 30.7 Å². The van der Waals surface area contributed by atoms with Crippen LogP contribution in [0, 0.1) is 6.92 Å². The number of carbonyl (C=O) groups is 7. The second-order valence-corrected chi connectivity index (χ2v) is 10.9. The molecule has 4 aromatic rings. The van der Waals surface area contributed by atoms with Crippen molar-refractivity contribution in [1.82, 2.24) is 0 Å². The van der Waals surface area contributed by atoms with E-state index in [4.69, 9.17) is 24.4 Å². The van der Waals surface area contributed by atoms with Crippen molar-refractivity contribution in [1.29, 1.82) is 0 Å². The molecule has 0 spiro atoms. The van der Waals surface area contributed by atoms with E-state index in [2.05, 4.69) is 4.74 Å². The van der Waals surface area contributed by atoms with E-state index in [9.17, 15) is 38.7 Å². The maximum Gasteiger partial charge on any atom is 0.335 e. The lowest BCUT2D eigenvalue weighted by Crippen LogP contribution is -2.11. The summed E-state index contributed by atoms with van der Waals surface area (Å²) >= 11 is 0. The highest BCUT2D eigenvalue weighted by molar-refractivity contribution is 5.92. The molecule has 1 aliphatic rings. The van der Waals surface area contributed by atoms with E-state index >= 15 is 0 Å². The number of phenols is 1. The molecule has 1 saturated heterocycles. The van der Waals surface area contributed by atoms with Gasteiger partial charge in [0, 0.05) is 0 Å². The van der Waals surface area contributed by atoms with Crippen LogP contribution in [0.25, 0.3) is 0 Å². The number of phenolic OH excluding ortho intramolecular Hbond substituents is 1. The molecule has 0 aliphatic carbocycles. The van der Waals surface area contributed by atoms with Crippen LogP contribution in [-0.2, 0) is 37.1 Å². The van der Waals surface area contributed by atoms with Gasteiger partial charge in [-0.05, 0) is 66.6 Å². The second kappa shape index (κ2) is 20.0. The number of ether oxygens (including phenoxy) is 4. The summed E-state index contributed by atoms with van der Waals surface area (Å²) in [7, 11) is 0. The van der Waals surface area contributed by atoms with Crippen LogP contribution < -0.4 is 14.2 Å². The molecule has 1 heterocycles. The number of hydrogen-bond acceptors (Lipinski definition) is 12. The molecule has 14 nitrogen and oxygen atoms in total. The number of carboxylic acids is 2. The maximum absolute atomic E-state index is 11.6. The van der Waals surface area contributed by atoms with Crippen LogP contribution in [0.2, 0.25) is 0 Å². The molecular weight excluding hydrogens is 680 g/mol. The van der Waals surface area contributed by atoms with E-state index in [1.54, 1.807) is 18.2 Å². The molecule has 3 N–H and O–H groups in total. The smallest absolute Gasteiger partial charge is 0.335 e. The van der Waals surface area contributed by atoms with Crippen molar-refractivity contribution < 1.29 is 67.8 Å². The van der Waals surface area contributed by atoms with Crippen molar-refractivity contribution in [3.05, 3.63) is 118 Å². The second-order valence-electron chi connectivity index (χ2n) is 10.9. The Labute approximate surface area is 297 Å². The van der Waals surface area contributed by atoms with Gasteiger partial charge in [-0.25, -0.2) is 4.79 Å². The molecule has 4 aromatic carbocycles. The predicted octanol–water partition coefficient (Wildman–Crippen LogP) is 5.49. The molecule has 0 atom stereocenters. The third kappa shape index (κ3) is 13.6. The quantitative estimate of drug-likeness (QED) is 0.0676.